The number of benzene rings is 2. The Labute approximate surface area is 174 Å². The van der Waals surface area contributed by atoms with Gasteiger partial charge in [-0.25, -0.2) is 0 Å². The molecule has 0 aliphatic carbocycles. The number of carbonyl (C=O) groups excluding carboxylic acids is 2. The minimum Gasteiger partial charge on any atom is -0.376 e. The maximum Gasteiger partial charge on any atom is 0.256 e. The van der Waals surface area contributed by atoms with Gasteiger partial charge < -0.3 is 15.0 Å². The first kappa shape index (κ1) is 18.7. The third-order valence-corrected chi connectivity index (χ3v) is 6.03. The van der Waals surface area contributed by atoms with E-state index in [1.54, 1.807) is 17.0 Å². The van der Waals surface area contributed by atoms with Crippen LogP contribution < -0.4 is 5.32 Å². The standard InChI is InChI=1S/C20H18Br2N2O3/c21-13-6-7-17(16(22)9-13)23-19(25)15-5-1-3-12-10-24(20(26)18(12)15)11-14-4-2-8-27-14/h1,3,5-7,9,14H,2,4,8,10-11H2,(H,23,25)/t14-/m0/s1. The van der Waals surface area contributed by atoms with Gasteiger partial charge in [0.25, 0.3) is 11.8 Å². The third kappa shape index (κ3) is 3.81. The molecule has 7 heteroatoms. The van der Waals surface area contributed by atoms with Gasteiger partial charge in [0.05, 0.1) is 22.9 Å². The van der Waals surface area contributed by atoms with Crippen LogP contribution in [0.4, 0.5) is 5.69 Å². The van der Waals surface area contributed by atoms with Crippen LogP contribution in [0, 0.1) is 0 Å². The van der Waals surface area contributed by atoms with E-state index in [1.165, 1.54) is 0 Å². The SMILES string of the molecule is O=C(Nc1ccc(Br)cc1Br)c1cccc2c1C(=O)N(C[C@@H]1CCCO1)C2. The third-order valence-electron chi connectivity index (χ3n) is 4.89. The molecule has 0 aromatic heterocycles. The number of anilines is 1. The highest BCUT2D eigenvalue weighted by molar-refractivity contribution is 9.11. The van der Waals surface area contributed by atoms with Gasteiger partial charge in [0.15, 0.2) is 0 Å². The minimum atomic E-state index is -0.290. The van der Waals surface area contributed by atoms with E-state index >= 15 is 0 Å². The second kappa shape index (κ2) is 7.73. The highest BCUT2D eigenvalue weighted by Crippen LogP contribution is 2.30. The fourth-order valence-corrected chi connectivity index (χ4v) is 4.72. The van der Waals surface area contributed by atoms with E-state index in [9.17, 15) is 9.59 Å². The second-order valence-electron chi connectivity index (χ2n) is 6.74. The van der Waals surface area contributed by atoms with Gasteiger partial charge in [0, 0.05) is 28.6 Å². The van der Waals surface area contributed by atoms with Crippen molar-refractivity contribution in [3.8, 4) is 0 Å². The smallest absolute Gasteiger partial charge is 0.256 e. The van der Waals surface area contributed by atoms with Gasteiger partial charge in [0.2, 0.25) is 0 Å². The van der Waals surface area contributed by atoms with E-state index in [4.69, 9.17) is 4.74 Å². The lowest BCUT2D eigenvalue weighted by Crippen LogP contribution is -2.32. The van der Waals surface area contributed by atoms with E-state index in [-0.39, 0.29) is 17.9 Å². The van der Waals surface area contributed by atoms with Gasteiger partial charge in [-0.3, -0.25) is 9.59 Å². The average Bonchev–Trinajstić information content (AvgIpc) is 3.26. The Hall–Kier alpha value is -1.70. The number of carbonyl (C=O) groups is 2. The van der Waals surface area contributed by atoms with Crippen LogP contribution >= 0.6 is 31.9 Å². The van der Waals surface area contributed by atoms with Crippen LogP contribution in [0.2, 0.25) is 0 Å². The topological polar surface area (TPSA) is 58.6 Å². The van der Waals surface area contributed by atoms with Crippen molar-refractivity contribution in [2.24, 2.45) is 0 Å². The molecular formula is C20H18Br2N2O3. The van der Waals surface area contributed by atoms with Crippen molar-refractivity contribution in [3.63, 3.8) is 0 Å². The van der Waals surface area contributed by atoms with E-state index in [1.807, 2.05) is 24.3 Å². The number of nitrogens with zero attached hydrogens (tertiary/aromatic N) is 1. The minimum absolute atomic E-state index is 0.0962. The largest absolute Gasteiger partial charge is 0.376 e. The molecule has 1 atom stereocenters. The first-order chi connectivity index (χ1) is 13.0. The molecule has 2 aromatic rings. The Bertz CT molecular complexity index is 910. The summed E-state index contributed by atoms with van der Waals surface area (Å²) in [6.07, 6.45) is 2.11. The summed E-state index contributed by atoms with van der Waals surface area (Å²) in [7, 11) is 0. The van der Waals surface area contributed by atoms with Crippen LogP contribution in [0.15, 0.2) is 45.3 Å². The lowest BCUT2D eigenvalue weighted by Gasteiger charge is -2.19. The van der Waals surface area contributed by atoms with E-state index in [2.05, 4.69) is 37.2 Å². The average molecular weight is 494 g/mol. The zero-order valence-corrected chi connectivity index (χ0v) is 17.7. The molecule has 0 radical (unpaired) electrons. The van der Waals surface area contributed by atoms with E-state index < -0.39 is 0 Å². The van der Waals surface area contributed by atoms with Crippen LogP contribution in [0.25, 0.3) is 0 Å². The summed E-state index contributed by atoms with van der Waals surface area (Å²) in [6, 6.07) is 11.0. The van der Waals surface area contributed by atoms with Crippen LogP contribution in [0.5, 0.6) is 0 Å². The lowest BCUT2D eigenvalue weighted by atomic mass is 10.0. The molecule has 0 bridgehead atoms. The molecule has 4 rings (SSSR count). The number of rotatable bonds is 4. The van der Waals surface area contributed by atoms with Gasteiger partial charge >= 0.3 is 0 Å². The first-order valence-corrected chi connectivity index (χ1v) is 10.4. The van der Waals surface area contributed by atoms with Crippen LogP contribution in [0.3, 0.4) is 0 Å². The monoisotopic (exact) mass is 492 g/mol. The molecule has 27 heavy (non-hydrogen) atoms. The van der Waals surface area contributed by atoms with Crippen LogP contribution in [-0.2, 0) is 11.3 Å². The van der Waals surface area contributed by atoms with Crippen LogP contribution in [0.1, 0.15) is 39.1 Å². The fourth-order valence-electron chi connectivity index (χ4n) is 3.57. The molecule has 2 heterocycles. The molecular weight excluding hydrogens is 476 g/mol. The summed E-state index contributed by atoms with van der Waals surface area (Å²) in [5, 5.41) is 2.89. The number of fused-ring (bicyclic) bond motifs is 1. The number of ether oxygens (including phenoxy) is 1. The highest BCUT2D eigenvalue weighted by atomic mass is 79.9. The van der Waals surface area contributed by atoms with Gasteiger partial charge in [-0.1, -0.05) is 28.1 Å². The number of amides is 2. The predicted molar refractivity (Wildman–Crippen MR) is 110 cm³/mol. The molecule has 140 valence electrons. The zero-order valence-electron chi connectivity index (χ0n) is 14.5. The Morgan fingerprint density at radius 2 is 2.11 bits per heavy atom. The molecule has 0 spiro atoms. The molecule has 0 unspecified atom stereocenters. The summed E-state index contributed by atoms with van der Waals surface area (Å²) < 4.78 is 7.34. The highest BCUT2D eigenvalue weighted by Gasteiger charge is 2.33. The molecule has 1 N–H and O–H groups in total. The van der Waals surface area contributed by atoms with Gasteiger partial charge in [0.1, 0.15) is 0 Å². The van der Waals surface area contributed by atoms with E-state index in [0.717, 1.165) is 34.0 Å². The fraction of sp³-hybridized carbons (Fsp3) is 0.300. The van der Waals surface area contributed by atoms with Crippen molar-refractivity contribution >= 4 is 49.4 Å². The molecule has 2 aliphatic heterocycles. The van der Waals surface area contributed by atoms with Crippen molar-refractivity contribution < 1.29 is 14.3 Å². The number of hydrogen-bond donors (Lipinski definition) is 1. The summed E-state index contributed by atoms with van der Waals surface area (Å²) in [4.78, 5) is 27.6. The second-order valence-corrected chi connectivity index (χ2v) is 8.51. The zero-order chi connectivity index (χ0) is 19.0. The maximum atomic E-state index is 12.9. The summed E-state index contributed by atoms with van der Waals surface area (Å²) >= 11 is 6.84. The van der Waals surface area contributed by atoms with Crippen LogP contribution in [-0.4, -0.2) is 36.0 Å². The molecule has 5 nitrogen and oxygen atoms in total. The van der Waals surface area contributed by atoms with Gasteiger partial charge in [-0.2, -0.15) is 0 Å². The first-order valence-electron chi connectivity index (χ1n) is 8.82. The Balaban J connectivity index is 1.56. The van der Waals surface area contributed by atoms with Gasteiger partial charge in [-0.15, -0.1) is 0 Å². The van der Waals surface area contributed by atoms with E-state index in [0.29, 0.717) is 29.9 Å². The normalized spacial score (nSPS) is 18.7. The van der Waals surface area contributed by atoms with Crippen molar-refractivity contribution in [2.75, 3.05) is 18.5 Å². The summed E-state index contributed by atoms with van der Waals surface area (Å²) in [5.41, 5.74) is 2.45. The maximum absolute atomic E-state index is 12.9. The Kier molecular flexibility index (Phi) is 5.34. The Morgan fingerprint density at radius 1 is 1.26 bits per heavy atom. The molecule has 1 fully saturated rings. The molecule has 0 saturated carbocycles. The molecule has 2 amide bonds. The van der Waals surface area contributed by atoms with Gasteiger partial charge in [-0.05, 0) is 58.6 Å². The number of hydrogen-bond acceptors (Lipinski definition) is 3. The number of nitrogens with one attached hydrogen (secondary N) is 1. The molecule has 2 aromatic carbocycles. The van der Waals surface area contributed by atoms with Crippen molar-refractivity contribution in [2.45, 2.75) is 25.5 Å². The van der Waals surface area contributed by atoms with Crippen molar-refractivity contribution in [3.05, 3.63) is 62.0 Å². The molecule has 1 saturated heterocycles. The lowest BCUT2D eigenvalue weighted by molar-refractivity contribution is 0.0544. The predicted octanol–water partition coefficient (Wildman–Crippen LogP) is 4.60. The quantitative estimate of drug-likeness (QED) is 0.677. The molecule has 2 aliphatic rings. The number of halogens is 2. The van der Waals surface area contributed by atoms with Crippen molar-refractivity contribution in [1.82, 2.24) is 4.90 Å². The summed E-state index contributed by atoms with van der Waals surface area (Å²) in [6.45, 7) is 1.86. The Morgan fingerprint density at radius 3 is 2.85 bits per heavy atom. The van der Waals surface area contributed by atoms with Crippen molar-refractivity contribution in [1.29, 1.82) is 0 Å². The summed E-state index contributed by atoms with van der Waals surface area (Å²) in [5.74, 6) is -0.386.